The highest BCUT2D eigenvalue weighted by Crippen LogP contribution is 2.06. The van der Waals surface area contributed by atoms with Crippen LogP contribution in [0, 0.1) is 0 Å². The minimum absolute atomic E-state index is 0.154. The first-order valence-electron chi connectivity index (χ1n) is 6.02. The molecule has 0 aromatic heterocycles. The molecule has 4 heteroatoms. The van der Waals surface area contributed by atoms with E-state index in [1.165, 1.54) is 25.9 Å². The lowest BCUT2D eigenvalue weighted by molar-refractivity contribution is -0.129. The average Bonchev–Trinajstić information content (AvgIpc) is 2.79. The molecule has 0 aromatic carbocycles. The van der Waals surface area contributed by atoms with Crippen molar-refractivity contribution in [3.63, 3.8) is 0 Å². The third-order valence-corrected chi connectivity index (χ3v) is 2.94. The van der Waals surface area contributed by atoms with E-state index in [0.29, 0.717) is 13.1 Å². The summed E-state index contributed by atoms with van der Waals surface area (Å²) in [6.45, 7) is 8.90. The summed E-state index contributed by atoms with van der Waals surface area (Å²) in [4.78, 5) is 15.9. The molecule has 92 valence electrons. The third kappa shape index (κ3) is 4.77. The predicted octanol–water partition coefficient (Wildman–Crippen LogP) is 0.316. The van der Waals surface area contributed by atoms with Crippen molar-refractivity contribution in [2.45, 2.75) is 12.8 Å². The maximum Gasteiger partial charge on any atom is 0.236 e. The number of likely N-dealkylation sites (N-methyl/N-ethyl adjacent to an activating group) is 1. The highest BCUT2D eigenvalue weighted by Gasteiger charge is 2.13. The number of carbonyl (C=O) groups is 1. The molecule has 1 saturated heterocycles. The second-order valence-electron chi connectivity index (χ2n) is 4.28. The number of nitrogens with one attached hydrogen (secondary N) is 1. The number of rotatable bonds is 7. The topological polar surface area (TPSA) is 35.6 Å². The van der Waals surface area contributed by atoms with Crippen molar-refractivity contribution in [1.82, 2.24) is 15.1 Å². The van der Waals surface area contributed by atoms with E-state index < -0.39 is 0 Å². The van der Waals surface area contributed by atoms with Gasteiger partial charge in [-0.15, -0.1) is 6.58 Å². The molecule has 1 amide bonds. The van der Waals surface area contributed by atoms with Crippen LogP contribution in [0.25, 0.3) is 0 Å². The van der Waals surface area contributed by atoms with Crippen molar-refractivity contribution in [1.29, 1.82) is 0 Å². The van der Waals surface area contributed by atoms with Crippen LogP contribution >= 0.6 is 0 Å². The molecule has 0 aromatic rings. The molecule has 1 heterocycles. The van der Waals surface area contributed by atoms with E-state index in [0.717, 1.165) is 13.1 Å². The van der Waals surface area contributed by atoms with Gasteiger partial charge in [0.05, 0.1) is 6.54 Å². The van der Waals surface area contributed by atoms with Gasteiger partial charge in [0, 0.05) is 26.7 Å². The van der Waals surface area contributed by atoms with Gasteiger partial charge in [-0.1, -0.05) is 6.08 Å². The Hall–Kier alpha value is -0.870. The molecule has 0 spiro atoms. The van der Waals surface area contributed by atoms with Crippen LogP contribution < -0.4 is 5.32 Å². The third-order valence-electron chi connectivity index (χ3n) is 2.94. The van der Waals surface area contributed by atoms with Gasteiger partial charge in [0.2, 0.25) is 5.91 Å². The van der Waals surface area contributed by atoms with Gasteiger partial charge in [-0.3, -0.25) is 4.79 Å². The van der Waals surface area contributed by atoms with Crippen LogP contribution in [0.2, 0.25) is 0 Å². The summed E-state index contributed by atoms with van der Waals surface area (Å²) in [5.74, 6) is 0.154. The van der Waals surface area contributed by atoms with Gasteiger partial charge in [0.25, 0.3) is 0 Å². The first-order chi connectivity index (χ1) is 7.74. The van der Waals surface area contributed by atoms with Crippen LogP contribution in [-0.4, -0.2) is 62.0 Å². The summed E-state index contributed by atoms with van der Waals surface area (Å²) in [5.41, 5.74) is 0. The summed E-state index contributed by atoms with van der Waals surface area (Å²) in [5, 5.41) is 3.02. The zero-order valence-corrected chi connectivity index (χ0v) is 10.2. The van der Waals surface area contributed by atoms with E-state index in [1.807, 2.05) is 7.05 Å². The average molecular weight is 225 g/mol. The van der Waals surface area contributed by atoms with E-state index in [4.69, 9.17) is 0 Å². The van der Waals surface area contributed by atoms with Crippen LogP contribution in [-0.2, 0) is 4.79 Å². The highest BCUT2D eigenvalue weighted by molar-refractivity contribution is 5.77. The van der Waals surface area contributed by atoms with Crippen LogP contribution in [0.1, 0.15) is 12.8 Å². The van der Waals surface area contributed by atoms with Crippen LogP contribution in [0.5, 0.6) is 0 Å². The van der Waals surface area contributed by atoms with E-state index in [-0.39, 0.29) is 5.91 Å². The Morgan fingerprint density at radius 2 is 2.19 bits per heavy atom. The van der Waals surface area contributed by atoms with Crippen molar-refractivity contribution in [3.8, 4) is 0 Å². The first kappa shape index (κ1) is 13.2. The molecule has 1 fully saturated rings. The number of hydrogen-bond acceptors (Lipinski definition) is 3. The molecule has 1 aliphatic rings. The van der Waals surface area contributed by atoms with Crippen LogP contribution in [0.4, 0.5) is 0 Å². The fraction of sp³-hybridized carbons (Fsp3) is 0.750. The van der Waals surface area contributed by atoms with E-state index in [2.05, 4.69) is 16.8 Å². The van der Waals surface area contributed by atoms with Crippen molar-refractivity contribution in [2.24, 2.45) is 0 Å². The van der Waals surface area contributed by atoms with Crippen molar-refractivity contribution in [2.75, 3.05) is 46.3 Å². The van der Waals surface area contributed by atoms with Crippen LogP contribution in [0.3, 0.4) is 0 Å². The number of carbonyl (C=O) groups excluding carboxylic acids is 1. The Labute approximate surface area is 98.3 Å². The fourth-order valence-corrected chi connectivity index (χ4v) is 1.84. The molecule has 0 unspecified atom stereocenters. The van der Waals surface area contributed by atoms with Gasteiger partial charge in [0.1, 0.15) is 0 Å². The van der Waals surface area contributed by atoms with Gasteiger partial charge in [-0.25, -0.2) is 0 Å². The molecule has 0 aliphatic carbocycles. The minimum Gasteiger partial charge on any atom is -0.343 e. The lowest BCUT2D eigenvalue weighted by atomic mass is 10.4. The molecular formula is C12H23N3O. The molecule has 4 nitrogen and oxygen atoms in total. The molecule has 0 bridgehead atoms. The summed E-state index contributed by atoms with van der Waals surface area (Å²) in [6, 6.07) is 0. The van der Waals surface area contributed by atoms with Crippen molar-refractivity contribution < 1.29 is 4.79 Å². The number of likely N-dealkylation sites (tertiary alicyclic amines) is 1. The standard InChI is InChI=1S/C12H23N3O/c1-3-6-13-11-12(16)14(2)9-10-15-7-4-5-8-15/h3,13H,1,4-11H2,2H3. The van der Waals surface area contributed by atoms with Gasteiger partial charge in [0.15, 0.2) is 0 Å². The van der Waals surface area contributed by atoms with Crippen LogP contribution in [0.15, 0.2) is 12.7 Å². The van der Waals surface area contributed by atoms with Gasteiger partial charge in [-0.05, 0) is 25.9 Å². The van der Waals surface area contributed by atoms with Crippen molar-refractivity contribution >= 4 is 5.91 Å². The second kappa shape index (κ2) is 7.41. The molecule has 16 heavy (non-hydrogen) atoms. The lowest BCUT2D eigenvalue weighted by Gasteiger charge is -2.21. The molecule has 1 aliphatic heterocycles. The van der Waals surface area contributed by atoms with E-state index in [9.17, 15) is 4.79 Å². The predicted molar refractivity (Wildman–Crippen MR) is 66.4 cm³/mol. The summed E-state index contributed by atoms with van der Waals surface area (Å²) < 4.78 is 0. The Kier molecular flexibility index (Phi) is 6.11. The Bertz CT molecular complexity index is 224. The zero-order valence-electron chi connectivity index (χ0n) is 10.2. The Morgan fingerprint density at radius 1 is 1.50 bits per heavy atom. The maximum atomic E-state index is 11.6. The fourth-order valence-electron chi connectivity index (χ4n) is 1.84. The normalized spacial score (nSPS) is 16.3. The van der Waals surface area contributed by atoms with Crippen molar-refractivity contribution in [3.05, 3.63) is 12.7 Å². The molecule has 0 radical (unpaired) electrons. The minimum atomic E-state index is 0.154. The zero-order chi connectivity index (χ0) is 11.8. The smallest absolute Gasteiger partial charge is 0.236 e. The highest BCUT2D eigenvalue weighted by atomic mass is 16.2. The lowest BCUT2D eigenvalue weighted by Crippen LogP contribution is -2.39. The maximum absolute atomic E-state index is 11.6. The Morgan fingerprint density at radius 3 is 2.81 bits per heavy atom. The largest absolute Gasteiger partial charge is 0.343 e. The van der Waals surface area contributed by atoms with E-state index in [1.54, 1.807) is 11.0 Å². The number of amides is 1. The second-order valence-corrected chi connectivity index (χ2v) is 4.28. The van der Waals surface area contributed by atoms with E-state index >= 15 is 0 Å². The summed E-state index contributed by atoms with van der Waals surface area (Å²) >= 11 is 0. The molecule has 1 rings (SSSR count). The summed E-state index contributed by atoms with van der Waals surface area (Å²) in [6.07, 6.45) is 4.37. The van der Waals surface area contributed by atoms with Gasteiger partial charge < -0.3 is 15.1 Å². The summed E-state index contributed by atoms with van der Waals surface area (Å²) in [7, 11) is 1.87. The molecule has 0 saturated carbocycles. The quantitative estimate of drug-likeness (QED) is 0.500. The first-order valence-corrected chi connectivity index (χ1v) is 6.02. The molecule has 0 atom stereocenters. The van der Waals surface area contributed by atoms with Gasteiger partial charge >= 0.3 is 0 Å². The number of hydrogen-bond donors (Lipinski definition) is 1. The number of nitrogens with zero attached hydrogens (tertiary/aromatic N) is 2. The molecule has 1 N–H and O–H groups in total. The Balaban J connectivity index is 2.10. The molecular weight excluding hydrogens is 202 g/mol. The SMILES string of the molecule is C=CCNCC(=O)N(C)CCN1CCCC1. The van der Waals surface area contributed by atoms with Gasteiger partial charge in [-0.2, -0.15) is 0 Å². The monoisotopic (exact) mass is 225 g/mol.